The number of ether oxygens (including phenoxy) is 1. The van der Waals surface area contributed by atoms with Gasteiger partial charge in [-0.05, 0) is 28.3 Å². The van der Waals surface area contributed by atoms with Gasteiger partial charge in [-0.1, -0.05) is 72.8 Å². The fourth-order valence-electron chi connectivity index (χ4n) is 3.16. The van der Waals surface area contributed by atoms with Crippen molar-refractivity contribution in [3.8, 4) is 0 Å². The van der Waals surface area contributed by atoms with E-state index in [1.165, 1.54) is 0 Å². The standard InChI is InChI=1S/C23H22O3S/c24-21(16-27)14-20(23(25)26-15-17-7-2-1-3-8-17)13-19-11-6-10-18-9-4-5-12-22(18)19/h1-12,20,27H,13-16H2/t20-/m1/s1. The summed E-state index contributed by atoms with van der Waals surface area (Å²) in [5.41, 5.74) is 1.97. The molecule has 0 heterocycles. The maximum atomic E-state index is 12.7. The van der Waals surface area contributed by atoms with E-state index in [0.29, 0.717) is 6.42 Å². The second kappa shape index (κ2) is 9.38. The molecular formula is C23H22O3S. The van der Waals surface area contributed by atoms with Crippen molar-refractivity contribution >= 4 is 35.2 Å². The average Bonchev–Trinajstić information content (AvgIpc) is 2.72. The number of carbonyl (C=O) groups is 2. The molecule has 1 atom stereocenters. The fourth-order valence-corrected chi connectivity index (χ4v) is 3.29. The van der Waals surface area contributed by atoms with E-state index in [1.807, 2.05) is 72.8 Å². The molecule has 0 saturated heterocycles. The van der Waals surface area contributed by atoms with E-state index < -0.39 is 5.92 Å². The van der Waals surface area contributed by atoms with Crippen LogP contribution in [0.2, 0.25) is 0 Å². The topological polar surface area (TPSA) is 43.4 Å². The molecule has 0 bridgehead atoms. The smallest absolute Gasteiger partial charge is 0.310 e. The number of rotatable bonds is 8. The van der Waals surface area contributed by atoms with Crippen LogP contribution in [0, 0.1) is 5.92 Å². The maximum absolute atomic E-state index is 12.7. The molecule has 0 spiro atoms. The summed E-state index contributed by atoms with van der Waals surface area (Å²) in [6.45, 7) is 0.209. The van der Waals surface area contributed by atoms with Crippen LogP contribution in [-0.4, -0.2) is 17.5 Å². The van der Waals surface area contributed by atoms with Crippen molar-refractivity contribution in [2.75, 3.05) is 5.75 Å². The lowest BCUT2D eigenvalue weighted by molar-refractivity contribution is -0.151. The lowest BCUT2D eigenvalue weighted by atomic mass is 9.91. The number of esters is 1. The van der Waals surface area contributed by atoms with Crippen molar-refractivity contribution in [2.45, 2.75) is 19.4 Å². The van der Waals surface area contributed by atoms with Crippen molar-refractivity contribution < 1.29 is 14.3 Å². The summed E-state index contributed by atoms with van der Waals surface area (Å²) in [7, 11) is 0. The summed E-state index contributed by atoms with van der Waals surface area (Å²) in [6, 6.07) is 23.6. The largest absolute Gasteiger partial charge is 0.461 e. The Kier molecular flexibility index (Phi) is 6.66. The molecule has 0 saturated carbocycles. The molecule has 0 fully saturated rings. The highest BCUT2D eigenvalue weighted by Crippen LogP contribution is 2.23. The van der Waals surface area contributed by atoms with Crippen LogP contribution in [0.1, 0.15) is 17.5 Å². The molecule has 0 aliphatic carbocycles. The lowest BCUT2D eigenvalue weighted by Crippen LogP contribution is -2.23. The molecule has 3 aromatic rings. The molecular weight excluding hydrogens is 356 g/mol. The van der Waals surface area contributed by atoms with Gasteiger partial charge >= 0.3 is 5.97 Å². The number of hydrogen-bond donors (Lipinski definition) is 1. The van der Waals surface area contributed by atoms with Crippen LogP contribution in [0.5, 0.6) is 0 Å². The van der Waals surface area contributed by atoms with Gasteiger partial charge in [-0.2, -0.15) is 12.6 Å². The van der Waals surface area contributed by atoms with E-state index in [2.05, 4.69) is 12.6 Å². The minimum atomic E-state index is -0.515. The van der Waals surface area contributed by atoms with E-state index in [9.17, 15) is 9.59 Å². The van der Waals surface area contributed by atoms with Crippen molar-refractivity contribution in [2.24, 2.45) is 5.92 Å². The Labute approximate surface area is 164 Å². The highest BCUT2D eigenvalue weighted by atomic mass is 32.1. The third-order valence-corrected chi connectivity index (χ3v) is 4.91. The molecule has 4 heteroatoms. The molecule has 0 amide bonds. The van der Waals surface area contributed by atoms with Crippen LogP contribution in [0.15, 0.2) is 72.8 Å². The summed E-state index contributed by atoms with van der Waals surface area (Å²) < 4.78 is 5.50. The van der Waals surface area contributed by atoms with Crippen molar-refractivity contribution in [3.05, 3.63) is 83.9 Å². The van der Waals surface area contributed by atoms with Crippen LogP contribution in [0.3, 0.4) is 0 Å². The van der Waals surface area contributed by atoms with Crippen molar-refractivity contribution in [1.29, 1.82) is 0 Å². The van der Waals surface area contributed by atoms with Gasteiger partial charge in [-0.15, -0.1) is 0 Å². The molecule has 0 unspecified atom stereocenters. The SMILES string of the molecule is O=C(CS)C[C@@H](Cc1cccc2ccccc12)C(=O)OCc1ccccc1. The molecule has 3 rings (SSSR count). The average molecular weight is 378 g/mol. The van der Waals surface area contributed by atoms with Gasteiger partial charge in [0, 0.05) is 12.2 Å². The fraction of sp³-hybridized carbons (Fsp3) is 0.217. The van der Waals surface area contributed by atoms with Crippen molar-refractivity contribution in [3.63, 3.8) is 0 Å². The second-order valence-electron chi connectivity index (χ2n) is 6.53. The summed E-state index contributed by atoms with van der Waals surface area (Å²) in [4.78, 5) is 24.7. The Morgan fingerprint density at radius 1 is 0.889 bits per heavy atom. The maximum Gasteiger partial charge on any atom is 0.310 e. The van der Waals surface area contributed by atoms with Crippen LogP contribution >= 0.6 is 12.6 Å². The number of thiol groups is 1. The number of Topliss-reactive ketones (excluding diaryl/α,β-unsaturated/α-hetero) is 1. The molecule has 0 N–H and O–H groups in total. The zero-order valence-corrected chi connectivity index (χ0v) is 15.9. The van der Waals surface area contributed by atoms with E-state index in [4.69, 9.17) is 4.74 Å². The number of carbonyl (C=O) groups excluding carboxylic acids is 2. The predicted octanol–water partition coefficient (Wildman–Crippen LogP) is 4.63. The Morgan fingerprint density at radius 3 is 2.37 bits per heavy atom. The van der Waals surface area contributed by atoms with Gasteiger partial charge in [0.15, 0.2) is 0 Å². The van der Waals surface area contributed by atoms with Gasteiger partial charge in [0.25, 0.3) is 0 Å². The quantitative estimate of drug-likeness (QED) is 0.459. The molecule has 0 aliphatic heterocycles. The van der Waals surface area contributed by atoms with E-state index in [-0.39, 0.29) is 30.5 Å². The number of fused-ring (bicyclic) bond motifs is 1. The third-order valence-electron chi connectivity index (χ3n) is 4.55. The first-order valence-electron chi connectivity index (χ1n) is 8.97. The van der Waals surface area contributed by atoms with Gasteiger partial charge in [0.05, 0.1) is 5.92 Å². The van der Waals surface area contributed by atoms with Gasteiger partial charge in [0.2, 0.25) is 0 Å². The zero-order chi connectivity index (χ0) is 19.1. The monoisotopic (exact) mass is 378 g/mol. The van der Waals surface area contributed by atoms with Gasteiger partial charge in [0.1, 0.15) is 12.4 Å². The van der Waals surface area contributed by atoms with Crippen LogP contribution in [0.25, 0.3) is 10.8 Å². The van der Waals surface area contributed by atoms with Gasteiger partial charge < -0.3 is 4.74 Å². The summed E-state index contributed by atoms with van der Waals surface area (Å²) >= 11 is 4.05. The van der Waals surface area contributed by atoms with Crippen molar-refractivity contribution in [1.82, 2.24) is 0 Å². The van der Waals surface area contributed by atoms with E-state index in [0.717, 1.165) is 21.9 Å². The number of benzene rings is 3. The summed E-state index contributed by atoms with van der Waals surface area (Å²) in [6.07, 6.45) is 0.606. The van der Waals surface area contributed by atoms with Crippen LogP contribution < -0.4 is 0 Å². The number of ketones is 1. The zero-order valence-electron chi connectivity index (χ0n) is 15.0. The van der Waals surface area contributed by atoms with E-state index >= 15 is 0 Å². The minimum absolute atomic E-state index is 0.0553. The molecule has 138 valence electrons. The third kappa shape index (κ3) is 5.20. The van der Waals surface area contributed by atoms with Gasteiger partial charge in [-0.25, -0.2) is 0 Å². The Bertz CT molecular complexity index is 916. The molecule has 0 aliphatic rings. The number of hydrogen-bond acceptors (Lipinski definition) is 4. The highest BCUT2D eigenvalue weighted by Gasteiger charge is 2.24. The molecule has 0 radical (unpaired) electrons. The highest BCUT2D eigenvalue weighted by molar-refractivity contribution is 7.81. The first-order chi connectivity index (χ1) is 13.2. The molecule has 0 aromatic heterocycles. The summed E-state index contributed by atoms with van der Waals surface area (Å²) in [5.74, 6) is -0.792. The minimum Gasteiger partial charge on any atom is -0.461 e. The van der Waals surface area contributed by atoms with Crippen LogP contribution in [0.4, 0.5) is 0 Å². The summed E-state index contributed by atoms with van der Waals surface area (Å²) in [5, 5.41) is 2.21. The normalized spacial score (nSPS) is 11.9. The Balaban J connectivity index is 1.78. The first-order valence-corrected chi connectivity index (χ1v) is 9.60. The van der Waals surface area contributed by atoms with Gasteiger partial charge in [-0.3, -0.25) is 9.59 Å². The Morgan fingerprint density at radius 2 is 1.59 bits per heavy atom. The molecule has 3 aromatic carbocycles. The Hall–Kier alpha value is -2.59. The molecule has 3 nitrogen and oxygen atoms in total. The predicted molar refractivity (Wildman–Crippen MR) is 111 cm³/mol. The van der Waals surface area contributed by atoms with E-state index in [1.54, 1.807) is 0 Å². The second-order valence-corrected chi connectivity index (χ2v) is 6.85. The lowest BCUT2D eigenvalue weighted by Gasteiger charge is -2.17. The first kappa shape index (κ1) is 19.2. The van der Waals surface area contributed by atoms with Crippen LogP contribution in [-0.2, 0) is 27.4 Å². The molecule has 27 heavy (non-hydrogen) atoms.